The first-order valence-electron chi connectivity index (χ1n) is 7.12. The lowest BCUT2D eigenvalue weighted by Crippen LogP contribution is -2.30. The number of rotatable bonds is 8. The van der Waals surface area contributed by atoms with Crippen molar-refractivity contribution in [3.05, 3.63) is 22.4 Å². The van der Waals surface area contributed by atoms with E-state index in [-0.39, 0.29) is 0 Å². The summed E-state index contributed by atoms with van der Waals surface area (Å²) in [7, 11) is 1.99. The zero-order valence-electron chi connectivity index (χ0n) is 12.8. The van der Waals surface area contributed by atoms with E-state index in [0.717, 1.165) is 19.4 Å². The van der Waals surface area contributed by atoms with Crippen LogP contribution < -0.4 is 5.32 Å². The van der Waals surface area contributed by atoms with Crippen molar-refractivity contribution in [2.24, 2.45) is 5.10 Å². The van der Waals surface area contributed by atoms with E-state index in [1.807, 2.05) is 7.05 Å². The van der Waals surface area contributed by atoms with Gasteiger partial charge in [0.15, 0.2) is 0 Å². The average Bonchev–Trinajstić information content (AvgIpc) is 2.92. The molecule has 0 saturated heterocycles. The molecule has 0 aromatic carbocycles. The zero-order chi connectivity index (χ0) is 14.3. The number of nitrogens with zero attached hydrogens (tertiary/aromatic N) is 2. The fourth-order valence-electron chi connectivity index (χ4n) is 2.04. The van der Waals surface area contributed by atoms with Gasteiger partial charge in [-0.3, -0.25) is 5.01 Å². The smallest absolute Gasteiger partial charge is 0.0787 e. The number of hydrogen-bond donors (Lipinski definition) is 1. The lowest BCUT2D eigenvalue weighted by molar-refractivity contribution is 0.174. The molecule has 0 fully saturated rings. The van der Waals surface area contributed by atoms with Gasteiger partial charge in [-0.2, -0.15) is 5.10 Å². The van der Waals surface area contributed by atoms with Gasteiger partial charge in [-0.05, 0) is 52.1 Å². The van der Waals surface area contributed by atoms with Crippen LogP contribution in [0.25, 0.3) is 0 Å². The largest absolute Gasteiger partial charge is 0.319 e. The monoisotopic (exact) mass is 281 g/mol. The minimum atomic E-state index is 0.344. The van der Waals surface area contributed by atoms with Crippen LogP contribution in [0.5, 0.6) is 0 Å². The molecule has 0 bridgehead atoms. The van der Waals surface area contributed by atoms with E-state index in [1.165, 1.54) is 10.6 Å². The molecular weight excluding hydrogens is 254 g/mol. The van der Waals surface area contributed by atoms with E-state index in [1.54, 1.807) is 11.3 Å². The Labute approximate surface area is 121 Å². The Balaban J connectivity index is 2.84. The predicted molar refractivity (Wildman–Crippen MR) is 86.0 cm³/mol. The topological polar surface area (TPSA) is 27.6 Å². The standard InChI is InChI=1S/C15H27N3S/c1-6-14(9-10-16-5)17-18(12(2)3)13(4)15-8-7-11-19-15/h7-8,11-13,16H,6,9-10H2,1-5H3/b17-14+. The molecule has 0 aliphatic rings. The van der Waals surface area contributed by atoms with Crippen LogP contribution >= 0.6 is 11.3 Å². The minimum Gasteiger partial charge on any atom is -0.319 e. The Bertz CT molecular complexity index is 371. The van der Waals surface area contributed by atoms with E-state index in [4.69, 9.17) is 5.10 Å². The summed E-state index contributed by atoms with van der Waals surface area (Å²) in [5, 5.41) is 12.5. The molecule has 0 amide bonds. The first-order chi connectivity index (χ1) is 9.10. The SMILES string of the molecule is CC/C(CCNC)=N\N(C(C)C)C(C)c1cccs1. The van der Waals surface area contributed by atoms with Gasteiger partial charge in [0.25, 0.3) is 0 Å². The summed E-state index contributed by atoms with van der Waals surface area (Å²) in [5.74, 6) is 0. The molecule has 19 heavy (non-hydrogen) atoms. The number of thiophene rings is 1. The Morgan fingerprint density at radius 1 is 1.42 bits per heavy atom. The Morgan fingerprint density at radius 2 is 2.16 bits per heavy atom. The van der Waals surface area contributed by atoms with E-state index < -0.39 is 0 Å². The molecule has 1 heterocycles. The molecule has 0 aliphatic carbocycles. The van der Waals surface area contributed by atoms with E-state index in [0.29, 0.717) is 12.1 Å². The molecule has 1 N–H and O–H groups in total. The molecule has 1 rings (SSSR count). The molecular formula is C15H27N3S. The van der Waals surface area contributed by atoms with Crippen molar-refractivity contribution >= 4 is 17.0 Å². The van der Waals surface area contributed by atoms with Crippen molar-refractivity contribution in [2.45, 2.75) is 52.6 Å². The van der Waals surface area contributed by atoms with Crippen molar-refractivity contribution in [1.29, 1.82) is 0 Å². The number of hydrazone groups is 1. The summed E-state index contributed by atoms with van der Waals surface area (Å²) >= 11 is 1.81. The highest BCUT2D eigenvalue weighted by atomic mass is 32.1. The normalized spacial score (nSPS) is 13.9. The first kappa shape index (κ1) is 16.2. The molecule has 0 spiro atoms. The highest BCUT2D eigenvalue weighted by Crippen LogP contribution is 2.26. The number of hydrogen-bond acceptors (Lipinski definition) is 4. The van der Waals surface area contributed by atoms with Gasteiger partial charge in [-0.25, -0.2) is 0 Å². The van der Waals surface area contributed by atoms with Gasteiger partial charge in [0.1, 0.15) is 0 Å². The van der Waals surface area contributed by atoms with Crippen LogP contribution in [0.3, 0.4) is 0 Å². The van der Waals surface area contributed by atoms with E-state index >= 15 is 0 Å². The highest BCUT2D eigenvalue weighted by molar-refractivity contribution is 7.10. The van der Waals surface area contributed by atoms with Crippen molar-refractivity contribution in [1.82, 2.24) is 10.3 Å². The van der Waals surface area contributed by atoms with Gasteiger partial charge in [-0.15, -0.1) is 11.3 Å². The summed E-state index contributed by atoms with van der Waals surface area (Å²) in [5.41, 5.74) is 1.27. The van der Waals surface area contributed by atoms with Crippen LogP contribution in [-0.2, 0) is 0 Å². The molecule has 1 aromatic rings. The molecule has 108 valence electrons. The lowest BCUT2D eigenvalue weighted by atomic mass is 10.2. The second-order valence-corrected chi connectivity index (χ2v) is 6.02. The lowest BCUT2D eigenvalue weighted by Gasteiger charge is -2.30. The maximum Gasteiger partial charge on any atom is 0.0787 e. The second-order valence-electron chi connectivity index (χ2n) is 5.04. The summed E-state index contributed by atoms with van der Waals surface area (Å²) in [6.45, 7) is 9.83. The second kappa shape index (κ2) is 8.33. The highest BCUT2D eigenvalue weighted by Gasteiger charge is 2.18. The molecule has 0 aliphatic heterocycles. The van der Waals surface area contributed by atoms with Crippen LogP contribution in [0.15, 0.2) is 22.6 Å². The Kier molecular flexibility index (Phi) is 7.10. The maximum absolute atomic E-state index is 4.90. The summed E-state index contributed by atoms with van der Waals surface area (Å²) in [6.07, 6.45) is 2.04. The van der Waals surface area contributed by atoms with Crippen molar-refractivity contribution in [2.75, 3.05) is 13.6 Å². The molecule has 0 saturated carbocycles. The third-order valence-electron chi connectivity index (χ3n) is 3.21. The minimum absolute atomic E-state index is 0.344. The average molecular weight is 281 g/mol. The van der Waals surface area contributed by atoms with Crippen LogP contribution in [0.1, 0.15) is 51.5 Å². The van der Waals surface area contributed by atoms with Crippen LogP contribution in [0, 0.1) is 0 Å². The predicted octanol–water partition coefficient (Wildman–Crippen LogP) is 3.90. The first-order valence-corrected chi connectivity index (χ1v) is 8.00. The van der Waals surface area contributed by atoms with Crippen molar-refractivity contribution in [3.63, 3.8) is 0 Å². The van der Waals surface area contributed by atoms with Gasteiger partial charge in [0, 0.05) is 23.2 Å². The Morgan fingerprint density at radius 3 is 2.63 bits per heavy atom. The third-order valence-corrected chi connectivity index (χ3v) is 4.25. The molecule has 1 unspecified atom stereocenters. The van der Waals surface area contributed by atoms with Crippen LogP contribution in [0.4, 0.5) is 0 Å². The van der Waals surface area contributed by atoms with Gasteiger partial charge >= 0.3 is 0 Å². The van der Waals surface area contributed by atoms with Crippen LogP contribution in [-0.4, -0.2) is 30.4 Å². The zero-order valence-corrected chi connectivity index (χ0v) is 13.6. The molecule has 1 aromatic heterocycles. The van der Waals surface area contributed by atoms with E-state index in [9.17, 15) is 0 Å². The van der Waals surface area contributed by atoms with Crippen molar-refractivity contribution < 1.29 is 0 Å². The fourth-order valence-corrected chi connectivity index (χ4v) is 2.82. The summed E-state index contributed by atoms with van der Waals surface area (Å²) in [6, 6.07) is 5.06. The van der Waals surface area contributed by atoms with Gasteiger partial charge < -0.3 is 5.32 Å². The number of nitrogens with one attached hydrogen (secondary N) is 1. The molecule has 0 radical (unpaired) electrons. The summed E-state index contributed by atoms with van der Waals surface area (Å²) < 4.78 is 0. The molecule has 1 atom stereocenters. The fraction of sp³-hybridized carbons (Fsp3) is 0.667. The third kappa shape index (κ3) is 4.96. The van der Waals surface area contributed by atoms with Gasteiger partial charge in [0.2, 0.25) is 0 Å². The van der Waals surface area contributed by atoms with E-state index in [2.05, 4.69) is 55.5 Å². The molecule has 3 nitrogen and oxygen atoms in total. The summed E-state index contributed by atoms with van der Waals surface area (Å²) in [4.78, 5) is 1.38. The molecule has 4 heteroatoms. The van der Waals surface area contributed by atoms with Gasteiger partial charge in [0.05, 0.1) is 6.04 Å². The Hall–Kier alpha value is -0.870. The van der Waals surface area contributed by atoms with Gasteiger partial charge in [-0.1, -0.05) is 13.0 Å². The van der Waals surface area contributed by atoms with Crippen molar-refractivity contribution in [3.8, 4) is 0 Å². The maximum atomic E-state index is 4.90. The quantitative estimate of drug-likeness (QED) is 0.578. The van der Waals surface area contributed by atoms with Crippen LogP contribution in [0.2, 0.25) is 0 Å².